The summed E-state index contributed by atoms with van der Waals surface area (Å²) in [6.07, 6.45) is 2.00. The Bertz CT molecular complexity index is 702. The lowest BCUT2D eigenvalue weighted by molar-refractivity contribution is -0.121. The molecule has 1 fully saturated rings. The first-order valence-corrected chi connectivity index (χ1v) is 8.83. The van der Waals surface area contributed by atoms with Crippen molar-refractivity contribution in [1.29, 1.82) is 0 Å². The quantitative estimate of drug-likeness (QED) is 0.887. The van der Waals surface area contributed by atoms with Crippen LogP contribution in [0.5, 0.6) is 0 Å². The maximum absolute atomic E-state index is 12.6. The number of nitrogens with zero attached hydrogens (tertiary/aromatic N) is 1. The molecule has 1 heterocycles. The van der Waals surface area contributed by atoms with Crippen LogP contribution in [0, 0.1) is 12.8 Å². The van der Waals surface area contributed by atoms with Crippen molar-refractivity contribution in [2.75, 3.05) is 18.4 Å². The molecule has 1 aliphatic heterocycles. The van der Waals surface area contributed by atoms with E-state index in [0.717, 1.165) is 43.7 Å². The van der Waals surface area contributed by atoms with Crippen molar-refractivity contribution in [3.63, 3.8) is 0 Å². The number of anilines is 1. The van der Waals surface area contributed by atoms with E-state index >= 15 is 0 Å². The van der Waals surface area contributed by atoms with Crippen LogP contribution in [0.3, 0.4) is 0 Å². The Morgan fingerprint density at radius 3 is 2.79 bits per heavy atom. The lowest BCUT2D eigenvalue weighted by Crippen LogP contribution is -2.40. The Hall–Kier alpha value is -1.84. The molecule has 1 aliphatic rings. The molecule has 1 atom stereocenters. The smallest absolute Gasteiger partial charge is 0.228 e. The van der Waals surface area contributed by atoms with Crippen LogP contribution in [-0.2, 0) is 11.3 Å². The second-order valence-corrected chi connectivity index (χ2v) is 6.87. The lowest BCUT2D eigenvalue weighted by Gasteiger charge is -2.32. The second kappa shape index (κ2) is 7.82. The van der Waals surface area contributed by atoms with Crippen molar-refractivity contribution in [3.05, 3.63) is 64.7 Å². The third-order valence-corrected chi connectivity index (χ3v) is 5.06. The number of carbonyl (C=O) groups excluding carboxylic acids is 1. The van der Waals surface area contributed by atoms with Gasteiger partial charge in [0.2, 0.25) is 5.91 Å². The van der Waals surface area contributed by atoms with E-state index < -0.39 is 0 Å². The molecule has 0 radical (unpaired) electrons. The van der Waals surface area contributed by atoms with Crippen LogP contribution in [0.4, 0.5) is 5.69 Å². The SMILES string of the molecule is Cc1c(Cl)cccc1NC(=O)[C@H]1CCCN(Cc2ccccc2)C1. The number of amides is 1. The zero-order valence-corrected chi connectivity index (χ0v) is 14.7. The summed E-state index contributed by atoms with van der Waals surface area (Å²) in [5.74, 6) is 0.124. The zero-order valence-electron chi connectivity index (χ0n) is 14.0. The normalized spacial score (nSPS) is 18.3. The highest BCUT2D eigenvalue weighted by Crippen LogP contribution is 2.25. The van der Waals surface area contributed by atoms with Crippen molar-refractivity contribution < 1.29 is 4.79 Å². The molecule has 1 saturated heterocycles. The predicted octanol–water partition coefficient (Wildman–Crippen LogP) is 4.50. The highest BCUT2D eigenvalue weighted by atomic mass is 35.5. The van der Waals surface area contributed by atoms with Crippen LogP contribution in [0.2, 0.25) is 5.02 Å². The Morgan fingerprint density at radius 1 is 1.21 bits per heavy atom. The zero-order chi connectivity index (χ0) is 16.9. The van der Waals surface area contributed by atoms with Crippen molar-refractivity contribution >= 4 is 23.2 Å². The van der Waals surface area contributed by atoms with Crippen molar-refractivity contribution in [2.45, 2.75) is 26.3 Å². The summed E-state index contributed by atoms with van der Waals surface area (Å²) in [5, 5.41) is 3.74. The van der Waals surface area contributed by atoms with E-state index in [-0.39, 0.29) is 11.8 Å². The Morgan fingerprint density at radius 2 is 2.00 bits per heavy atom. The number of piperidine rings is 1. The fourth-order valence-electron chi connectivity index (χ4n) is 3.23. The van der Waals surface area contributed by atoms with Gasteiger partial charge < -0.3 is 5.32 Å². The van der Waals surface area contributed by atoms with Gasteiger partial charge in [0.05, 0.1) is 5.92 Å². The average molecular weight is 343 g/mol. The number of rotatable bonds is 4. The van der Waals surface area contributed by atoms with E-state index in [9.17, 15) is 4.79 Å². The minimum absolute atomic E-state index is 0.0286. The maximum Gasteiger partial charge on any atom is 0.228 e. The Labute approximate surface area is 148 Å². The number of halogens is 1. The summed E-state index contributed by atoms with van der Waals surface area (Å²) in [5.41, 5.74) is 3.03. The minimum atomic E-state index is 0.0286. The Kier molecular flexibility index (Phi) is 5.54. The highest BCUT2D eigenvalue weighted by molar-refractivity contribution is 6.31. The first-order valence-electron chi connectivity index (χ1n) is 8.46. The van der Waals surface area contributed by atoms with Crippen LogP contribution in [0.1, 0.15) is 24.0 Å². The van der Waals surface area contributed by atoms with E-state index in [4.69, 9.17) is 11.6 Å². The van der Waals surface area contributed by atoms with Gasteiger partial charge in [0.1, 0.15) is 0 Å². The van der Waals surface area contributed by atoms with Crippen molar-refractivity contribution in [3.8, 4) is 0 Å². The monoisotopic (exact) mass is 342 g/mol. The molecule has 126 valence electrons. The molecule has 1 amide bonds. The molecule has 0 aromatic heterocycles. The standard InChI is InChI=1S/C20H23ClN2O/c1-15-18(21)10-5-11-19(15)22-20(24)17-9-6-12-23(14-17)13-16-7-3-2-4-8-16/h2-5,7-8,10-11,17H,6,9,12-14H2,1H3,(H,22,24)/t17-/m0/s1. The molecule has 2 aromatic carbocycles. The predicted molar refractivity (Wildman–Crippen MR) is 99.3 cm³/mol. The first-order chi connectivity index (χ1) is 11.6. The minimum Gasteiger partial charge on any atom is -0.326 e. The number of hydrogen-bond acceptors (Lipinski definition) is 2. The summed E-state index contributed by atoms with van der Waals surface area (Å²) in [7, 11) is 0. The lowest BCUT2D eigenvalue weighted by atomic mass is 9.96. The van der Waals surface area contributed by atoms with Gasteiger partial charge in [0, 0.05) is 23.8 Å². The van der Waals surface area contributed by atoms with Crippen LogP contribution < -0.4 is 5.32 Å². The van der Waals surface area contributed by atoms with Crippen LogP contribution >= 0.6 is 11.6 Å². The number of nitrogens with one attached hydrogen (secondary N) is 1. The van der Waals surface area contributed by atoms with Crippen molar-refractivity contribution in [2.24, 2.45) is 5.92 Å². The van der Waals surface area contributed by atoms with Gasteiger partial charge in [-0.25, -0.2) is 0 Å². The summed E-state index contributed by atoms with van der Waals surface area (Å²) >= 11 is 6.14. The first kappa shape index (κ1) is 17.0. The van der Waals surface area contributed by atoms with E-state index in [2.05, 4.69) is 34.5 Å². The third-order valence-electron chi connectivity index (χ3n) is 4.65. The topological polar surface area (TPSA) is 32.3 Å². The van der Waals surface area contributed by atoms with Crippen LogP contribution in [-0.4, -0.2) is 23.9 Å². The van der Waals surface area contributed by atoms with Crippen molar-refractivity contribution in [1.82, 2.24) is 4.90 Å². The molecule has 1 N–H and O–H groups in total. The highest BCUT2D eigenvalue weighted by Gasteiger charge is 2.26. The summed E-state index contributed by atoms with van der Waals surface area (Å²) in [4.78, 5) is 15.0. The van der Waals surface area contributed by atoms with E-state index in [1.54, 1.807) is 0 Å². The van der Waals surface area contributed by atoms with Gasteiger partial charge in [-0.15, -0.1) is 0 Å². The third kappa shape index (κ3) is 4.16. The molecule has 0 saturated carbocycles. The molecule has 24 heavy (non-hydrogen) atoms. The van der Waals surface area contributed by atoms with Crippen LogP contribution in [0.25, 0.3) is 0 Å². The average Bonchev–Trinajstić information content (AvgIpc) is 2.60. The molecular formula is C20H23ClN2O. The molecule has 0 unspecified atom stereocenters. The molecular weight excluding hydrogens is 320 g/mol. The number of carbonyl (C=O) groups is 1. The fraction of sp³-hybridized carbons (Fsp3) is 0.350. The van der Waals surface area contributed by atoms with Gasteiger partial charge >= 0.3 is 0 Å². The molecule has 4 heteroatoms. The number of likely N-dealkylation sites (tertiary alicyclic amines) is 1. The van der Waals surface area contributed by atoms with Gasteiger partial charge in [0.25, 0.3) is 0 Å². The van der Waals surface area contributed by atoms with E-state index in [1.165, 1.54) is 5.56 Å². The Balaban J connectivity index is 1.61. The molecule has 3 rings (SSSR count). The fourth-order valence-corrected chi connectivity index (χ4v) is 3.41. The molecule has 3 nitrogen and oxygen atoms in total. The largest absolute Gasteiger partial charge is 0.326 e. The molecule has 0 bridgehead atoms. The van der Waals surface area contributed by atoms with Gasteiger partial charge in [-0.05, 0) is 49.6 Å². The summed E-state index contributed by atoms with van der Waals surface area (Å²) < 4.78 is 0. The van der Waals surface area contributed by atoms with Gasteiger partial charge in [-0.3, -0.25) is 9.69 Å². The van der Waals surface area contributed by atoms with Gasteiger partial charge in [-0.2, -0.15) is 0 Å². The summed E-state index contributed by atoms with van der Waals surface area (Å²) in [6, 6.07) is 16.0. The van der Waals surface area contributed by atoms with Gasteiger partial charge in [-0.1, -0.05) is 48.0 Å². The summed E-state index contributed by atoms with van der Waals surface area (Å²) in [6.45, 7) is 4.69. The number of benzene rings is 2. The van der Waals surface area contributed by atoms with E-state index in [0.29, 0.717) is 5.02 Å². The van der Waals surface area contributed by atoms with Crippen LogP contribution in [0.15, 0.2) is 48.5 Å². The van der Waals surface area contributed by atoms with Gasteiger partial charge in [0.15, 0.2) is 0 Å². The van der Waals surface area contributed by atoms with E-state index in [1.807, 2.05) is 31.2 Å². The second-order valence-electron chi connectivity index (χ2n) is 6.46. The number of hydrogen-bond donors (Lipinski definition) is 1. The molecule has 0 aliphatic carbocycles. The molecule has 0 spiro atoms. The maximum atomic E-state index is 12.6. The molecule has 2 aromatic rings.